The fourth-order valence-corrected chi connectivity index (χ4v) is 0.963. The van der Waals surface area contributed by atoms with Gasteiger partial charge < -0.3 is 10.5 Å². The third-order valence-electron chi connectivity index (χ3n) is 1.70. The van der Waals surface area contributed by atoms with Crippen LogP contribution < -0.4 is 10.5 Å². The Morgan fingerprint density at radius 1 is 1.54 bits per heavy atom. The predicted molar refractivity (Wildman–Crippen MR) is 44.9 cm³/mol. The molecule has 13 heavy (non-hydrogen) atoms. The SMILES string of the molecule is COc1cc(C(F)F)c(N)c(C)n1. The third kappa shape index (κ3) is 1.85. The Bertz CT molecular complexity index is 315. The predicted octanol–water partition coefficient (Wildman–Crippen LogP) is 1.92. The second kappa shape index (κ2) is 3.55. The summed E-state index contributed by atoms with van der Waals surface area (Å²) in [6, 6.07) is 1.15. The van der Waals surface area contributed by atoms with Crippen molar-refractivity contribution in [2.24, 2.45) is 0 Å². The number of hydrogen-bond donors (Lipinski definition) is 1. The minimum atomic E-state index is -2.60. The molecule has 0 amide bonds. The Hall–Kier alpha value is -1.39. The van der Waals surface area contributed by atoms with Crippen LogP contribution in [0.1, 0.15) is 17.7 Å². The van der Waals surface area contributed by atoms with E-state index in [1.807, 2.05) is 0 Å². The van der Waals surface area contributed by atoms with E-state index in [0.29, 0.717) is 5.69 Å². The maximum absolute atomic E-state index is 12.4. The van der Waals surface area contributed by atoms with Crippen molar-refractivity contribution in [3.63, 3.8) is 0 Å². The van der Waals surface area contributed by atoms with E-state index >= 15 is 0 Å². The largest absolute Gasteiger partial charge is 0.481 e. The molecule has 72 valence electrons. The standard InChI is InChI=1S/C8H10F2N2O/c1-4-7(11)5(8(9)10)3-6(12-4)13-2/h3,8H,11H2,1-2H3. The van der Waals surface area contributed by atoms with Crippen molar-refractivity contribution < 1.29 is 13.5 Å². The topological polar surface area (TPSA) is 48.1 Å². The molecule has 0 aliphatic heterocycles. The summed E-state index contributed by atoms with van der Waals surface area (Å²) in [4.78, 5) is 3.85. The number of aromatic nitrogens is 1. The van der Waals surface area contributed by atoms with Crippen LogP contribution in [0.4, 0.5) is 14.5 Å². The number of halogens is 2. The van der Waals surface area contributed by atoms with Gasteiger partial charge in [0.25, 0.3) is 6.43 Å². The van der Waals surface area contributed by atoms with Crippen LogP contribution in [0.3, 0.4) is 0 Å². The maximum Gasteiger partial charge on any atom is 0.266 e. The molecule has 0 aliphatic carbocycles. The minimum absolute atomic E-state index is 0.0239. The minimum Gasteiger partial charge on any atom is -0.481 e. The van der Waals surface area contributed by atoms with E-state index < -0.39 is 6.43 Å². The van der Waals surface area contributed by atoms with Crippen molar-refractivity contribution in [3.8, 4) is 5.88 Å². The molecule has 0 fully saturated rings. The highest BCUT2D eigenvalue weighted by Crippen LogP contribution is 2.29. The summed E-state index contributed by atoms with van der Waals surface area (Å²) in [6.45, 7) is 1.56. The van der Waals surface area contributed by atoms with Gasteiger partial charge >= 0.3 is 0 Å². The highest BCUT2D eigenvalue weighted by Gasteiger charge is 2.15. The third-order valence-corrected chi connectivity index (χ3v) is 1.70. The van der Waals surface area contributed by atoms with Crippen molar-refractivity contribution in [2.45, 2.75) is 13.3 Å². The Balaban J connectivity index is 3.25. The molecule has 0 bridgehead atoms. The first kappa shape index (κ1) is 9.70. The Labute approximate surface area is 74.5 Å². The summed E-state index contributed by atoms with van der Waals surface area (Å²) in [5.41, 5.74) is 5.56. The average Bonchev–Trinajstić information content (AvgIpc) is 2.09. The monoisotopic (exact) mass is 188 g/mol. The molecule has 1 aromatic rings. The van der Waals surface area contributed by atoms with E-state index in [0.717, 1.165) is 6.07 Å². The van der Waals surface area contributed by atoms with E-state index in [1.165, 1.54) is 7.11 Å². The summed E-state index contributed by atoms with van der Waals surface area (Å²) in [6.07, 6.45) is -2.60. The van der Waals surface area contributed by atoms with Gasteiger partial charge in [0, 0.05) is 11.6 Å². The molecular weight excluding hydrogens is 178 g/mol. The zero-order valence-electron chi connectivity index (χ0n) is 7.34. The molecular formula is C8H10F2N2O. The lowest BCUT2D eigenvalue weighted by molar-refractivity contribution is 0.151. The smallest absolute Gasteiger partial charge is 0.266 e. The second-order valence-electron chi connectivity index (χ2n) is 2.55. The van der Waals surface area contributed by atoms with Crippen LogP contribution in [-0.4, -0.2) is 12.1 Å². The van der Waals surface area contributed by atoms with Crippen molar-refractivity contribution in [2.75, 3.05) is 12.8 Å². The zero-order chi connectivity index (χ0) is 10.0. The highest BCUT2D eigenvalue weighted by atomic mass is 19.3. The van der Waals surface area contributed by atoms with Crippen molar-refractivity contribution >= 4 is 5.69 Å². The van der Waals surface area contributed by atoms with Gasteiger partial charge in [-0.1, -0.05) is 0 Å². The Kier molecular flexibility index (Phi) is 2.65. The summed E-state index contributed by atoms with van der Waals surface area (Å²) in [5, 5.41) is 0. The van der Waals surface area contributed by atoms with Gasteiger partial charge in [-0.3, -0.25) is 0 Å². The van der Waals surface area contributed by atoms with Gasteiger partial charge in [-0.15, -0.1) is 0 Å². The van der Waals surface area contributed by atoms with E-state index in [4.69, 9.17) is 10.5 Å². The first-order chi connectivity index (χ1) is 6.06. The van der Waals surface area contributed by atoms with Gasteiger partial charge in [-0.25, -0.2) is 13.8 Å². The van der Waals surface area contributed by atoms with Gasteiger partial charge in [0.1, 0.15) is 0 Å². The maximum atomic E-state index is 12.4. The van der Waals surface area contributed by atoms with Gasteiger partial charge in [-0.2, -0.15) is 0 Å². The normalized spacial score (nSPS) is 10.5. The summed E-state index contributed by atoms with van der Waals surface area (Å²) in [7, 11) is 1.37. The highest BCUT2D eigenvalue weighted by molar-refractivity contribution is 5.52. The Morgan fingerprint density at radius 2 is 2.15 bits per heavy atom. The fourth-order valence-electron chi connectivity index (χ4n) is 0.963. The number of nitrogens with two attached hydrogens (primary N) is 1. The number of nitrogens with zero attached hydrogens (tertiary/aromatic N) is 1. The fraction of sp³-hybridized carbons (Fsp3) is 0.375. The lowest BCUT2D eigenvalue weighted by Gasteiger charge is -2.08. The van der Waals surface area contributed by atoms with E-state index in [1.54, 1.807) is 6.92 Å². The average molecular weight is 188 g/mol. The summed E-state index contributed by atoms with van der Waals surface area (Å²) < 4.78 is 29.5. The van der Waals surface area contributed by atoms with E-state index in [-0.39, 0.29) is 17.1 Å². The molecule has 0 saturated carbocycles. The first-order valence-electron chi connectivity index (χ1n) is 3.65. The quantitative estimate of drug-likeness (QED) is 0.771. The number of alkyl halides is 2. The number of ether oxygens (including phenoxy) is 1. The van der Waals surface area contributed by atoms with Crippen LogP contribution >= 0.6 is 0 Å². The number of rotatable bonds is 2. The number of nitrogen functional groups attached to an aromatic ring is 1. The van der Waals surface area contributed by atoms with Gasteiger partial charge in [0.05, 0.1) is 18.5 Å². The van der Waals surface area contributed by atoms with Crippen LogP contribution in [0.25, 0.3) is 0 Å². The molecule has 0 aliphatic rings. The van der Waals surface area contributed by atoms with Crippen LogP contribution in [0.5, 0.6) is 5.88 Å². The lowest BCUT2D eigenvalue weighted by Crippen LogP contribution is -2.02. The molecule has 3 nitrogen and oxygen atoms in total. The van der Waals surface area contributed by atoms with Crippen molar-refractivity contribution in [1.29, 1.82) is 0 Å². The second-order valence-corrected chi connectivity index (χ2v) is 2.55. The molecule has 0 unspecified atom stereocenters. The number of hydrogen-bond acceptors (Lipinski definition) is 3. The van der Waals surface area contributed by atoms with E-state index in [2.05, 4.69) is 4.98 Å². The van der Waals surface area contributed by atoms with Crippen LogP contribution in [0.2, 0.25) is 0 Å². The van der Waals surface area contributed by atoms with Crippen molar-refractivity contribution in [1.82, 2.24) is 4.98 Å². The number of aryl methyl sites for hydroxylation is 1. The first-order valence-corrected chi connectivity index (χ1v) is 3.65. The molecule has 0 aromatic carbocycles. The van der Waals surface area contributed by atoms with Crippen LogP contribution in [-0.2, 0) is 0 Å². The molecule has 1 aromatic heterocycles. The Morgan fingerprint density at radius 3 is 2.62 bits per heavy atom. The van der Waals surface area contributed by atoms with Gasteiger partial charge in [0.2, 0.25) is 5.88 Å². The number of anilines is 1. The molecule has 0 radical (unpaired) electrons. The summed E-state index contributed by atoms with van der Waals surface area (Å²) >= 11 is 0. The van der Waals surface area contributed by atoms with Crippen LogP contribution in [0.15, 0.2) is 6.07 Å². The van der Waals surface area contributed by atoms with Crippen LogP contribution in [0, 0.1) is 6.92 Å². The molecule has 0 saturated heterocycles. The molecule has 1 rings (SSSR count). The molecule has 2 N–H and O–H groups in total. The molecule has 1 heterocycles. The lowest BCUT2D eigenvalue weighted by atomic mass is 10.2. The van der Waals surface area contributed by atoms with Gasteiger partial charge in [0.15, 0.2) is 0 Å². The summed E-state index contributed by atoms with van der Waals surface area (Å²) in [5.74, 6) is 0.155. The number of pyridine rings is 1. The zero-order valence-corrected chi connectivity index (χ0v) is 7.34. The van der Waals surface area contributed by atoms with Gasteiger partial charge in [-0.05, 0) is 6.92 Å². The molecule has 0 atom stereocenters. The van der Waals surface area contributed by atoms with E-state index in [9.17, 15) is 8.78 Å². The number of methoxy groups -OCH3 is 1. The van der Waals surface area contributed by atoms with Crippen molar-refractivity contribution in [3.05, 3.63) is 17.3 Å². The molecule has 0 spiro atoms. The molecule has 5 heteroatoms.